The van der Waals surface area contributed by atoms with E-state index in [-0.39, 0.29) is 0 Å². The van der Waals surface area contributed by atoms with Gasteiger partial charge in [-0.1, -0.05) is 206 Å². The molecule has 0 spiro atoms. The Morgan fingerprint density at radius 2 is 0.578 bits per heavy atom. The molecule has 2 aromatic heterocycles. The third-order valence-electron chi connectivity index (χ3n) is 12.2. The lowest BCUT2D eigenvalue weighted by atomic mass is 9.89. The summed E-state index contributed by atoms with van der Waals surface area (Å²) in [6, 6.07) is 78.2. The van der Waals surface area contributed by atoms with Gasteiger partial charge in [-0.3, -0.25) is 0 Å². The van der Waals surface area contributed by atoms with Gasteiger partial charge in [-0.25, -0.2) is 24.9 Å². The van der Waals surface area contributed by atoms with Crippen molar-refractivity contribution in [1.29, 1.82) is 0 Å². The van der Waals surface area contributed by atoms with Crippen LogP contribution in [0.4, 0.5) is 0 Å². The molecule has 12 aromatic rings. The van der Waals surface area contributed by atoms with Gasteiger partial charge < -0.3 is 0 Å². The predicted octanol–water partition coefficient (Wildman–Crippen LogP) is 14.9. The molecule has 5 heteroatoms. The molecule has 64 heavy (non-hydrogen) atoms. The maximum Gasteiger partial charge on any atom is 0.164 e. The van der Waals surface area contributed by atoms with Crippen molar-refractivity contribution in [3.8, 4) is 79.2 Å². The molecule has 0 unspecified atom stereocenters. The Kier molecular flexibility index (Phi) is 9.08. The smallest absolute Gasteiger partial charge is 0.164 e. The first-order valence-electron chi connectivity index (χ1n) is 21.5. The van der Waals surface area contributed by atoms with E-state index in [0.717, 1.165) is 88.2 Å². The summed E-state index contributed by atoms with van der Waals surface area (Å²) in [5.74, 6) is 2.59. The van der Waals surface area contributed by atoms with Crippen LogP contribution in [0.15, 0.2) is 224 Å². The molecule has 0 aliphatic heterocycles. The third kappa shape index (κ3) is 6.55. The SMILES string of the molecule is c1ccc(-c2cc(-c3ccc(-c4ccc(-c5nc(-c6ccccc6)nc(-c6ccccc6)n5)c5ccccc45)c4ccccc34)nc(-c3cc4ccccc4c4ccccc34)n2)cc1. The normalized spacial score (nSPS) is 11.4. The van der Waals surface area contributed by atoms with Gasteiger partial charge in [0.15, 0.2) is 23.3 Å². The zero-order valence-electron chi connectivity index (χ0n) is 34.6. The van der Waals surface area contributed by atoms with Crippen LogP contribution in [-0.4, -0.2) is 24.9 Å². The number of hydrogen-bond donors (Lipinski definition) is 0. The van der Waals surface area contributed by atoms with Gasteiger partial charge in [0.25, 0.3) is 0 Å². The number of hydrogen-bond acceptors (Lipinski definition) is 5. The van der Waals surface area contributed by atoms with Gasteiger partial charge in [0, 0.05) is 33.4 Å². The third-order valence-corrected chi connectivity index (χ3v) is 12.2. The molecule has 0 aliphatic carbocycles. The fraction of sp³-hybridized carbons (Fsp3) is 0. The number of nitrogens with zero attached hydrogens (tertiary/aromatic N) is 5. The highest BCUT2D eigenvalue weighted by atomic mass is 15.0. The fourth-order valence-electron chi connectivity index (χ4n) is 9.12. The van der Waals surface area contributed by atoms with Crippen molar-refractivity contribution in [2.24, 2.45) is 0 Å². The van der Waals surface area contributed by atoms with Crippen molar-refractivity contribution in [2.75, 3.05) is 0 Å². The van der Waals surface area contributed by atoms with E-state index >= 15 is 0 Å². The Hall–Kier alpha value is -8.67. The molecular formula is C59H37N5. The maximum atomic E-state index is 5.43. The minimum absolute atomic E-state index is 0.628. The first-order chi connectivity index (χ1) is 31.7. The summed E-state index contributed by atoms with van der Waals surface area (Å²) in [6.07, 6.45) is 0. The van der Waals surface area contributed by atoms with E-state index in [2.05, 4.69) is 158 Å². The molecule has 0 fully saturated rings. The summed E-state index contributed by atoms with van der Waals surface area (Å²) in [7, 11) is 0. The average Bonchev–Trinajstić information content (AvgIpc) is 3.38. The second-order valence-corrected chi connectivity index (χ2v) is 16.0. The summed E-state index contributed by atoms with van der Waals surface area (Å²) in [5.41, 5.74) is 9.89. The van der Waals surface area contributed by atoms with Crippen molar-refractivity contribution in [1.82, 2.24) is 24.9 Å². The van der Waals surface area contributed by atoms with Gasteiger partial charge in [-0.05, 0) is 72.4 Å². The zero-order valence-corrected chi connectivity index (χ0v) is 34.6. The second-order valence-electron chi connectivity index (χ2n) is 16.0. The minimum Gasteiger partial charge on any atom is -0.228 e. The molecule has 0 saturated heterocycles. The second kappa shape index (κ2) is 15.7. The Morgan fingerprint density at radius 1 is 0.203 bits per heavy atom. The topological polar surface area (TPSA) is 64.5 Å². The molecule has 0 saturated carbocycles. The van der Waals surface area contributed by atoms with E-state index in [1.807, 2.05) is 66.7 Å². The molecule has 0 aliphatic rings. The van der Waals surface area contributed by atoms with Crippen LogP contribution in [0, 0.1) is 0 Å². The molecule has 298 valence electrons. The fourth-order valence-corrected chi connectivity index (χ4v) is 9.12. The quantitative estimate of drug-likeness (QED) is 0.150. The highest BCUT2D eigenvalue weighted by Gasteiger charge is 2.20. The van der Waals surface area contributed by atoms with Gasteiger partial charge >= 0.3 is 0 Å². The Labute approximate surface area is 370 Å². The van der Waals surface area contributed by atoms with Gasteiger partial charge in [-0.15, -0.1) is 0 Å². The van der Waals surface area contributed by atoms with Crippen LogP contribution in [0.3, 0.4) is 0 Å². The Balaban J connectivity index is 1.03. The molecule has 0 amide bonds. The number of rotatable bonds is 7. The summed E-state index contributed by atoms with van der Waals surface area (Å²) in [5, 5.41) is 9.09. The van der Waals surface area contributed by atoms with Crippen molar-refractivity contribution < 1.29 is 0 Å². The van der Waals surface area contributed by atoms with Crippen LogP contribution in [0.5, 0.6) is 0 Å². The zero-order chi connectivity index (χ0) is 42.4. The maximum absolute atomic E-state index is 5.43. The molecule has 10 aromatic carbocycles. The van der Waals surface area contributed by atoms with E-state index in [1.54, 1.807) is 0 Å². The van der Waals surface area contributed by atoms with Crippen molar-refractivity contribution in [3.63, 3.8) is 0 Å². The van der Waals surface area contributed by atoms with E-state index in [4.69, 9.17) is 24.9 Å². The van der Waals surface area contributed by atoms with Crippen LogP contribution in [-0.2, 0) is 0 Å². The average molecular weight is 816 g/mol. The minimum atomic E-state index is 0.628. The Morgan fingerprint density at radius 3 is 1.16 bits per heavy atom. The summed E-state index contributed by atoms with van der Waals surface area (Å²) in [4.78, 5) is 25.9. The van der Waals surface area contributed by atoms with Gasteiger partial charge in [-0.2, -0.15) is 0 Å². The van der Waals surface area contributed by atoms with Crippen molar-refractivity contribution >= 4 is 43.1 Å². The lowest BCUT2D eigenvalue weighted by Crippen LogP contribution is -2.00. The molecule has 5 nitrogen and oxygen atoms in total. The first-order valence-corrected chi connectivity index (χ1v) is 21.5. The highest BCUT2D eigenvalue weighted by molar-refractivity contribution is 6.14. The molecule has 0 radical (unpaired) electrons. The molecule has 2 heterocycles. The van der Waals surface area contributed by atoms with Crippen LogP contribution >= 0.6 is 0 Å². The lowest BCUT2D eigenvalue weighted by Gasteiger charge is -2.17. The molecular weight excluding hydrogens is 779 g/mol. The van der Waals surface area contributed by atoms with E-state index in [1.165, 1.54) is 10.8 Å². The van der Waals surface area contributed by atoms with Crippen molar-refractivity contribution in [3.05, 3.63) is 224 Å². The standard InChI is InChI=1S/C59H37N5/c1-4-18-38(19-5-1)54-37-55(61-59(60-54)53-36-41-24-10-11-25-42(41)43-26-12-17-31-48(43)53)51-34-32-49(44-27-13-15-29-46(44)51)50-33-35-52(47-30-16-14-28-45(47)50)58-63-56(39-20-6-2-7-21-39)62-57(64-58)40-22-8-3-9-23-40/h1-37H. The molecule has 12 rings (SSSR count). The van der Waals surface area contributed by atoms with Crippen LogP contribution in [0.2, 0.25) is 0 Å². The monoisotopic (exact) mass is 815 g/mol. The highest BCUT2D eigenvalue weighted by Crippen LogP contribution is 2.42. The molecule has 0 N–H and O–H groups in total. The van der Waals surface area contributed by atoms with E-state index < -0.39 is 0 Å². The summed E-state index contributed by atoms with van der Waals surface area (Å²) < 4.78 is 0. The molecule has 0 bridgehead atoms. The largest absolute Gasteiger partial charge is 0.228 e. The molecule has 0 atom stereocenters. The van der Waals surface area contributed by atoms with Gasteiger partial charge in [0.05, 0.1) is 11.4 Å². The predicted molar refractivity (Wildman–Crippen MR) is 263 cm³/mol. The van der Waals surface area contributed by atoms with Crippen LogP contribution in [0.1, 0.15) is 0 Å². The van der Waals surface area contributed by atoms with Gasteiger partial charge in [0.1, 0.15) is 0 Å². The Bertz CT molecular complexity index is 3660. The number of fused-ring (bicyclic) bond motifs is 5. The van der Waals surface area contributed by atoms with Gasteiger partial charge in [0.2, 0.25) is 0 Å². The van der Waals surface area contributed by atoms with Crippen LogP contribution in [0.25, 0.3) is 122 Å². The van der Waals surface area contributed by atoms with Crippen LogP contribution < -0.4 is 0 Å². The van der Waals surface area contributed by atoms with Crippen molar-refractivity contribution in [2.45, 2.75) is 0 Å². The number of aromatic nitrogens is 5. The van der Waals surface area contributed by atoms with E-state index in [9.17, 15) is 0 Å². The number of benzene rings is 10. The summed E-state index contributed by atoms with van der Waals surface area (Å²) >= 11 is 0. The summed E-state index contributed by atoms with van der Waals surface area (Å²) in [6.45, 7) is 0. The van der Waals surface area contributed by atoms with E-state index in [0.29, 0.717) is 23.3 Å². The first kappa shape index (κ1) is 37.1. The lowest BCUT2D eigenvalue weighted by molar-refractivity contribution is 1.08.